The molecule has 2 aromatic rings. The Morgan fingerprint density at radius 2 is 2.14 bits per heavy atom. The Kier molecular flexibility index (Phi) is 2.32. The molecule has 0 aliphatic heterocycles. The number of halogens is 1. The fourth-order valence-corrected chi connectivity index (χ4v) is 1.16. The fraction of sp³-hybridized carbons (Fsp3) is 0.125. The van der Waals surface area contributed by atoms with Crippen LogP contribution in [0, 0.1) is 0 Å². The van der Waals surface area contributed by atoms with Crippen LogP contribution in [0.3, 0.4) is 0 Å². The summed E-state index contributed by atoms with van der Waals surface area (Å²) in [5.41, 5.74) is 0. The SMILES string of the molecule is Cn1cnc(Nc2cc(Cl)ncn2)c1. The van der Waals surface area contributed by atoms with Gasteiger partial charge >= 0.3 is 0 Å². The standard InChI is InChI=1S/C8H8ClN5/c1-14-3-8(12-5-14)13-7-2-6(9)10-4-11-7/h2-5H,1H3,(H,10,11,13). The molecule has 0 atom stereocenters. The number of nitrogens with zero attached hydrogens (tertiary/aromatic N) is 4. The van der Waals surface area contributed by atoms with Crippen molar-refractivity contribution in [2.45, 2.75) is 0 Å². The third-order valence-electron chi connectivity index (χ3n) is 1.59. The molecular weight excluding hydrogens is 202 g/mol. The van der Waals surface area contributed by atoms with Gasteiger partial charge in [0.25, 0.3) is 0 Å². The molecule has 0 bridgehead atoms. The van der Waals surface area contributed by atoms with E-state index in [-0.39, 0.29) is 0 Å². The lowest BCUT2D eigenvalue weighted by Gasteiger charge is -2.00. The summed E-state index contributed by atoms with van der Waals surface area (Å²) in [4.78, 5) is 11.9. The van der Waals surface area contributed by atoms with E-state index in [4.69, 9.17) is 11.6 Å². The maximum atomic E-state index is 5.70. The predicted molar refractivity (Wildman–Crippen MR) is 53.5 cm³/mol. The van der Waals surface area contributed by atoms with Crippen LogP contribution >= 0.6 is 11.6 Å². The second kappa shape index (κ2) is 3.63. The van der Waals surface area contributed by atoms with Crippen LogP contribution in [0.1, 0.15) is 0 Å². The van der Waals surface area contributed by atoms with Crippen molar-refractivity contribution < 1.29 is 0 Å². The number of hydrogen-bond donors (Lipinski definition) is 1. The van der Waals surface area contributed by atoms with Crippen molar-refractivity contribution in [3.8, 4) is 0 Å². The van der Waals surface area contributed by atoms with Gasteiger partial charge in [-0.15, -0.1) is 0 Å². The van der Waals surface area contributed by atoms with Crippen LogP contribution in [-0.2, 0) is 7.05 Å². The highest BCUT2D eigenvalue weighted by Gasteiger charge is 1.99. The normalized spacial score (nSPS) is 10.1. The minimum absolute atomic E-state index is 0.401. The molecule has 0 fully saturated rings. The molecule has 0 aliphatic carbocycles. The molecule has 0 aliphatic rings. The van der Waals surface area contributed by atoms with Crippen molar-refractivity contribution in [2.75, 3.05) is 5.32 Å². The molecule has 6 heteroatoms. The van der Waals surface area contributed by atoms with Crippen molar-refractivity contribution in [3.05, 3.63) is 30.1 Å². The van der Waals surface area contributed by atoms with E-state index in [1.54, 1.807) is 12.4 Å². The summed E-state index contributed by atoms with van der Waals surface area (Å²) in [5.74, 6) is 1.35. The molecule has 5 nitrogen and oxygen atoms in total. The first-order valence-corrected chi connectivity index (χ1v) is 4.34. The summed E-state index contributed by atoms with van der Waals surface area (Å²) in [6.07, 6.45) is 4.94. The molecule has 0 saturated carbocycles. The highest BCUT2D eigenvalue weighted by molar-refractivity contribution is 6.29. The lowest BCUT2D eigenvalue weighted by Crippen LogP contribution is -1.94. The van der Waals surface area contributed by atoms with E-state index in [0.717, 1.165) is 5.82 Å². The molecule has 0 saturated heterocycles. The van der Waals surface area contributed by atoms with Gasteiger partial charge in [0.1, 0.15) is 23.1 Å². The van der Waals surface area contributed by atoms with E-state index in [1.165, 1.54) is 6.33 Å². The van der Waals surface area contributed by atoms with Crippen LogP contribution in [0.2, 0.25) is 5.15 Å². The van der Waals surface area contributed by atoms with E-state index >= 15 is 0 Å². The minimum atomic E-state index is 0.401. The second-order valence-electron chi connectivity index (χ2n) is 2.78. The molecule has 2 rings (SSSR count). The quantitative estimate of drug-likeness (QED) is 0.764. The van der Waals surface area contributed by atoms with Crippen LogP contribution in [0.4, 0.5) is 11.6 Å². The summed E-state index contributed by atoms with van der Waals surface area (Å²) < 4.78 is 1.84. The number of aromatic nitrogens is 4. The number of aryl methyl sites for hydroxylation is 1. The van der Waals surface area contributed by atoms with Gasteiger partial charge in [0.05, 0.1) is 6.33 Å². The molecule has 0 radical (unpaired) electrons. The topological polar surface area (TPSA) is 55.6 Å². The van der Waals surface area contributed by atoms with Crippen LogP contribution in [0.5, 0.6) is 0 Å². The average molecular weight is 210 g/mol. The molecule has 2 aromatic heterocycles. The van der Waals surface area contributed by atoms with Gasteiger partial charge in [-0.3, -0.25) is 0 Å². The van der Waals surface area contributed by atoms with Gasteiger partial charge in [-0.05, 0) is 0 Å². The third kappa shape index (κ3) is 2.00. The first kappa shape index (κ1) is 8.96. The van der Waals surface area contributed by atoms with E-state index < -0.39 is 0 Å². The maximum absolute atomic E-state index is 5.70. The Morgan fingerprint density at radius 3 is 2.79 bits per heavy atom. The highest BCUT2D eigenvalue weighted by Crippen LogP contribution is 2.13. The van der Waals surface area contributed by atoms with Crippen molar-refractivity contribution in [1.82, 2.24) is 19.5 Å². The van der Waals surface area contributed by atoms with Gasteiger partial charge in [0.15, 0.2) is 0 Å². The summed E-state index contributed by atoms with van der Waals surface area (Å²) in [6, 6.07) is 1.64. The minimum Gasteiger partial charge on any atom is -0.338 e. The van der Waals surface area contributed by atoms with Gasteiger partial charge in [-0.25, -0.2) is 15.0 Å². The first-order chi connectivity index (χ1) is 6.74. The van der Waals surface area contributed by atoms with Gasteiger partial charge < -0.3 is 9.88 Å². The molecule has 0 amide bonds. The summed E-state index contributed by atoms with van der Waals surface area (Å²) >= 11 is 5.70. The van der Waals surface area contributed by atoms with E-state index in [1.807, 2.05) is 17.8 Å². The first-order valence-electron chi connectivity index (χ1n) is 3.96. The lowest BCUT2D eigenvalue weighted by atomic mass is 10.5. The average Bonchev–Trinajstić information content (AvgIpc) is 2.51. The molecule has 72 valence electrons. The number of hydrogen-bond acceptors (Lipinski definition) is 4. The van der Waals surface area contributed by atoms with E-state index in [0.29, 0.717) is 11.0 Å². The molecule has 0 aromatic carbocycles. The number of rotatable bonds is 2. The second-order valence-corrected chi connectivity index (χ2v) is 3.16. The molecule has 0 spiro atoms. The zero-order valence-electron chi connectivity index (χ0n) is 7.48. The number of anilines is 2. The lowest BCUT2D eigenvalue weighted by molar-refractivity contribution is 0.913. The summed E-state index contributed by atoms with van der Waals surface area (Å²) in [6.45, 7) is 0. The maximum Gasteiger partial charge on any atom is 0.149 e. The summed E-state index contributed by atoms with van der Waals surface area (Å²) in [5, 5.41) is 3.40. The number of nitrogens with one attached hydrogen (secondary N) is 1. The number of imidazole rings is 1. The Labute approximate surface area is 85.8 Å². The molecule has 1 N–H and O–H groups in total. The smallest absolute Gasteiger partial charge is 0.149 e. The van der Waals surface area contributed by atoms with Crippen molar-refractivity contribution >= 4 is 23.2 Å². The van der Waals surface area contributed by atoms with Crippen molar-refractivity contribution in [3.63, 3.8) is 0 Å². The molecule has 14 heavy (non-hydrogen) atoms. The van der Waals surface area contributed by atoms with Crippen molar-refractivity contribution in [1.29, 1.82) is 0 Å². The molecule has 2 heterocycles. The highest BCUT2D eigenvalue weighted by atomic mass is 35.5. The van der Waals surface area contributed by atoms with E-state index in [2.05, 4.69) is 20.3 Å². The van der Waals surface area contributed by atoms with Gasteiger partial charge in [0.2, 0.25) is 0 Å². The summed E-state index contributed by atoms with van der Waals surface area (Å²) in [7, 11) is 1.89. The van der Waals surface area contributed by atoms with Gasteiger partial charge in [-0.1, -0.05) is 11.6 Å². The van der Waals surface area contributed by atoms with Crippen LogP contribution in [0.15, 0.2) is 24.9 Å². The van der Waals surface area contributed by atoms with Crippen LogP contribution in [0.25, 0.3) is 0 Å². The largest absolute Gasteiger partial charge is 0.338 e. The Hall–Kier alpha value is -1.62. The van der Waals surface area contributed by atoms with Crippen LogP contribution < -0.4 is 5.32 Å². The monoisotopic (exact) mass is 209 g/mol. The Bertz CT molecular complexity index is 439. The fourth-order valence-electron chi connectivity index (χ4n) is 1.01. The third-order valence-corrected chi connectivity index (χ3v) is 1.80. The van der Waals surface area contributed by atoms with Crippen LogP contribution in [-0.4, -0.2) is 19.5 Å². The Morgan fingerprint density at radius 1 is 1.29 bits per heavy atom. The predicted octanol–water partition coefficient (Wildman–Crippen LogP) is 1.61. The van der Waals surface area contributed by atoms with Gasteiger partial charge in [0, 0.05) is 19.3 Å². The molecular formula is C8H8ClN5. The van der Waals surface area contributed by atoms with E-state index in [9.17, 15) is 0 Å². The zero-order chi connectivity index (χ0) is 9.97. The van der Waals surface area contributed by atoms with Crippen molar-refractivity contribution in [2.24, 2.45) is 7.05 Å². The zero-order valence-corrected chi connectivity index (χ0v) is 8.23. The Balaban J connectivity index is 2.18. The molecule has 0 unspecified atom stereocenters. The van der Waals surface area contributed by atoms with Gasteiger partial charge in [-0.2, -0.15) is 0 Å².